The minimum atomic E-state index is 0.0819. The first-order valence-corrected chi connectivity index (χ1v) is 9.60. The number of amides is 1. The Morgan fingerprint density at radius 1 is 1.48 bits per heavy atom. The molecule has 1 aliphatic heterocycles. The molecule has 25 heavy (non-hydrogen) atoms. The minimum Gasteiger partial charge on any atom is -0.384 e. The Balaban J connectivity index is 1.58. The van der Waals surface area contributed by atoms with Crippen LogP contribution in [0.1, 0.15) is 30.8 Å². The molecule has 2 fully saturated rings. The maximum absolute atomic E-state index is 13.2. The van der Waals surface area contributed by atoms with Gasteiger partial charge in [0, 0.05) is 32.7 Å². The summed E-state index contributed by atoms with van der Waals surface area (Å²) in [6.07, 6.45) is 1.12. The number of thiophene rings is 1. The maximum atomic E-state index is 13.2. The summed E-state index contributed by atoms with van der Waals surface area (Å²) in [5.41, 5.74) is 1.94. The molecule has 4 rings (SSSR count). The smallest absolute Gasteiger partial charge is 0.272 e. The summed E-state index contributed by atoms with van der Waals surface area (Å²) in [5, 5.41) is 6.56. The van der Waals surface area contributed by atoms with Gasteiger partial charge >= 0.3 is 0 Å². The topological polar surface area (TPSA) is 47.4 Å². The van der Waals surface area contributed by atoms with Crippen molar-refractivity contribution in [3.05, 3.63) is 29.3 Å². The summed E-state index contributed by atoms with van der Waals surface area (Å²) < 4.78 is 7.21. The number of carbonyl (C=O) groups is 1. The third-order valence-electron chi connectivity index (χ3n) is 5.99. The Morgan fingerprint density at radius 3 is 2.92 bits per heavy atom. The predicted molar refractivity (Wildman–Crippen MR) is 98.6 cm³/mol. The lowest BCUT2D eigenvalue weighted by atomic mass is 9.48. The maximum Gasteiger partial charge on any atom is 0.272 e. The molecule has 1 saturated heterocycles. The second-order valence-corrected chi connectivity index (χ2v) is 9.16. The lowest BCUT2D eigenvalue weighted by Gasteiger charge is -2.56. The van der Waals surface area contributed by atoms with Crippen molar-refractivity contribution in [1.29, 1.82) is 0 Å². The summed E-state index contributed by atoms with van der Waals surface area (Å²) in [6, 6.07) is 5.96. The van der Waals surface area contributed by atoms with E-state index in [9.17, 15) is 4.79 Å². The first-order chi connectivity index (χ1) is 11.9. The SMILES string of the molecule is COC[C@@]12CN(C(=O)c3cc(-c4cccs4)nn3C)C[C@@H]1C(C)(C)C2. The van der Waals surface area contributed by atoms with Crippen LogP contribution in [-0.4, -0.2) is 47.4 Å². The Hall–Kier alpha value is -1.66. The van der Waals surface area contributed by atoms with E-state index in [1.807, 2.05) is 35.5 Å². The quantitative estimate of drug-likeness (QED) is 0.842. The number of methoxy groups -OCH3 is 1. The summed E-state index contributed by atoms with van der Waals surface area (Å²) in [5.74, 6) is 0.590. The van der Waals surface area contributed by atoms with Crippen LogP contribution in [0.25, 0.3) is 10.6 Å². The molecular weight excluding hydrogens is 334 g/mol. The molecule has 1 aliphatic carbocycles. The van der Waals surface area contributed by atoms with Crippen LogP contribution in [-0.2, 0) is 11.8 Å². The molecule has 0 N–H and O–H groups in total. The van der Waals surface area contributed by atoms with Crippen LogP contribution >= 0.6 is 11.3 Å². The van der Waals surface area contributed by atoms with Crippen molar-refractivity contribution in [2.75, 3.05) is 26.8 Å². The molecule has 5 nitrogen and oxygen atoms in total. The van der Waals surface area contributed by atoms with Gasteiger partial charge in [-0.3, -0.25) is 9.48 Å². The summed E-state index contributed by atoms with van der Waals surface area (Å²) in [4.78, 5) is 16.3. The predicted octanol–water partition coefficient (Wildman–Crippen LogP) is 3.28. The van der Waals surface area contributed by atoms with E-state index in [2.05, 4.69) is 18.9 Å². The second-order valence-electron chi connectivity index (χ2n) is 8.21. The van der Waals surface area contributed by atoms with Gasteiger partial charge in [0.15, 0.2) is 0 Å². The largest absolute Gasteiger partial charge is 0.384 e. The van der Waals surface area contributed by atoms with Crippen LogP contribution in [0.2, 0.25) is 0 Å². The lowest BCUT2D eigenvalue weighted by molar-refractivity contribution is -0.107. The van der Waals surface area contributed by atoms with Crippen LogP contribution in [0, 0.1) is 16.7 Å². The molecule has 3 heterocycles. The molecule has 6 heteroatoms. The first kappa shape index (κ1) is 16.8. The van der Waals surface area contributed by atoms with Crippen molar-refractivity contribution in [1.82, 2.24) is 14.7 Å². The van der Waals surface area contributed by atoms with Crippen molar-refractivity contribution in [3.8, 4) is 10.6 Å². The molecule has 0 bridgehead atoms. The van der Waals surface area contributed by atoms with Crippen molar-refractivity contribution >= 4 is 17.2 Å². The fourth-order valence-electron chi connectivity index (χ4n) is 5.14. The zero-order chi connectivity index (χ0) is 17.8. The lowest BCUT2D eigenvalue weighted by Crippen LogP contribution is -2.55. The number of hydrogen-bond donors (Lipinski definition) is 0. The number of ether oxygens (including phenoxy) is 1. The Morgan fingerprint density at radius 2 is 2.28 bits per heavy atom. The number of aromatic nitrogens is 2. The molecule has 0 aromatic carbocycles. The fourth-order valence-corrected chi connectivity index (χ4v) is 5.82. The van der Waals surface area contributed by atoms with Gasteiger partial charge in [0.1, 0.15) is 11.4 Å². The zero-order valence-electron chi connectivity index (χ0n) is 15.3. The van der Waals surface area contributed by atoms with Gasteiger partial charge in [-0.2, -0.15) is 5.10 Å². The van der Waals surface area contributed by atoms with Gasteiger partial charge in [0.2, 0.25) is 0 Å². The van der Waals surface area contributed by atoms with Gasteiger partial charge in [-0.1, -0.05) is 19.9 Å². The third kappa shape index (κ3) is 2.54. The van der Waals surface area contributed by atoms with Crippen LogP contribution in [0.15, 0.2) is 23.6 Å². The summed E-state index contributed by atoms with van der Waals surface area (Å²) >= 11 is 1.64. The van der Waals surface area contributed by atoms with Crippen LogP contribution in [0.4, 0.5) is 0 Å². The number of nitrogens with zero attached hydrogens (tertiary/aromatic N) is 3. The Bertz CT molecular complexity index is 796. The van der Waals surface area contributed by atoms with Gasteiger partial charge in [-0.25, -0.2) is 0 Å². The molecule has 1 amide bonds. The van der Waals surface area contributed by atoms with Gasteiger partial charge in [-0.15, -0.1) is 11.3 Å². The number of carbonyl (C=O) groups excluding carboxylic acids is 1. The highest BCUT2D eigenvalue weighted by Crippen LogP contribution is 2.62. The third-order valence-corrected chi connectivity index (χ3v) is 6.88. The molecule has 134 valence electrons. The highest BCUT2D eigenvalue weighted by molar-refractivity contribution is 7.13. The highest BCUT2D eigenvalue weighted by atomic mass is 32.1. The number of aryl methyl sites for hydroxylation is 1. The van der Waals surface area contributed by atoms with E-state index in [0.29, 0.717) is 11.6 Å². The second kappa shape index (κ2) is 5.68. The molecule has 2 aromatic heterocycles. The summed E-state index contributed by atoms with van der Waals surface area (Å²) in [6.45, 7) is 6.94. The molecular formula is C19H25N3O2S. The molecule has 2 aliphatic rings. The Kier molecular flexibility index (Phi) is 3.81. The van der Waals surface area contributed by atoms with E-state index in [-0.39, 0.29) is 16.7 Å². The number of fused-ring (bicyclic) bond motifs is 1. The number of likely N-dealkylation sites (tertiary alicyclic amines) is 1. The van der Waals surface area contributed by atoms with E-state index < -0.39 is 0 Å². The average Bonchev–Trinajstić information content (AvgIpc) is 3.24. The molecule has 2 atom stereocenters. The zero-order valence-corrected chi connectivity index (χ0v) is 16.1. The molecule has 0 radical (unpaired) electrons. The van der Waals surface area contributed by atoms with E-state index in [4.69, 9.17) is 4.74 Å². The van der Waals surface area contributed by atoms with Crippen molar-refractivity contribution in [2.45, 2.75) is 20.3 Å². The first-order valence-electron chi connectivity index (χ1n) is 8.72. The highest BCUT2D eigenvalue weighted by Gasteiger charge is 2.63. The van der Waals surface area contributed by atoms with Crippen molar-refractivity contribution in [3.63, 3.8) is 0 Å². The van der Waals surface area contributed by atoms with E-state index in [1.54, 1.807) is 23.1 Å². The van der Waals surface area contributed by atoms with Gasteiger partial charge in [0.05, 0.1) is 11.5 Å². The fraction of sp³-hybridized carbons (Fsp3) is 0.579. The molecule has 2 aromatic rings. The molecule has 0 unspecified atom stereocenters. The summed E-state index contributed by atoms with van der Waals surface area (Å²) in [7, 11) is 3.61. The van der Waals surface area contributed by atoms with E-state index in [0.717, 1.165) is 36.7 Å². The monoisotopic (exact) mass is 359 g/mol. The number of rotatable bonds is 4. The van der Waals surface area contributed by atoms with Crippen LogP contribution < -0.4 is 0 Å². The standard InChI is InChI=1S/C19H25N3O2S/c1-18(2)10-19(12-24-4)11-22(9-16(18)19)17(23)14-8-13(20-21(14)3)15-6-5-7-25-15/h5-8,16H,9-12H2,1-4H3/t16-,19-/m1/s1. The van der Waals surface area contributed by atoms with Gasteiger partial charge < -0.3 is 9.64 Å². The van der Waals surface area contributed by atoms with Gasteiger partial charge in [0.25, 0.3) is 5.91 Å². The molecule has 1 saturated carbocycles. The average molecular weight is 359 g/mol. The van der Waals surface area contributed by atoms with E-state index >= 15 is 0 Å². The van der Waals surface area contributed by atoms with Crippen molar-refractivity contribution < 1.29 is 9.53 Å². The van der Waals surface area contributed by atoms with E-state index in [1.165, 1.54) is 0 Å². The molecule has 0 spiro atoms. The Labute approximate surface area is 152 Å². The van der Waals surface area contributed by atoms with Crippen LogP contribution in [0.3, 0.4) is 0 Å². The minimum absolute atomic E-state index is 0.0819. The van der Waals surface area contributed by atoms with Crippen molar-refractivity contribution in [2.24, 2.45) is 23.8 Å². The normalized spacial score (nSPS) is 27.2. The van der Waals surface area contributed by atoms with Crippen LogP contribution in [0.5, 0.6) is 0 Å². The van der Waals surface area contributed by atoms with Gasteiger partial charge in [-0.05, 0) is 35.3 Å². The number of hydrogen-bond acceptors (Lipinski definition) is 4.